The van der Waals surface area contributed by atoms with Crippen molar-refractivity contribution in [3.63, 3.8) is 0 Å². The Bertz CT molecular complexity index is 866. The molecule has 8 heteroatoms. The van der Waals surface area contributed by atoms with Crippen LogP contribution < -0.4 is 5.32 Å². The smallest absolute Gasteiger partial charge is 0.243 e. The number of nitrogens with one attached hydrogen (secondary N) is 1. The van der Waals surface area contributed by atoms with Gasteiger partial charge in [0.2, 0.25) is 15.9 Å². The van der Waals surface area contributed by atoms with Gasteiger partial charge in [-0.25, -0.2) is 12.8 Å². The first-order valence-electron chi connectivity index (χ1n) is 8.29. The molecule has 1 N–H and O–H groups in total. The Morgan fingerprint density at radius 1 is 1.00 bits per heavy atom. The molecule has 0 bridgehead atoms. The van der Waals surface area contributed by atoms with Crippen LogP contribution in [0.25, 0.3) is 0 Å². The highest BCUT2D eigenvalue weighted by atomic mass is 32.2. The van der Waals surface area contributed by atoms with Crippen molar-refractivity contribution in [1.29, 1.82) is 0 Å². The number of hydrogen-bond acceptors (Lipinski definition) is 4. The molecular weight excluding hydrogens is 357 g/mol. The summed E-state index contributed by atoms with van der Waals surface area (Å²) >= 11 is 0. The molecule has 0 unspecified atom stereocenters. The molecule has 1 fully saturated rings. The van der Waals surface area contributed by atoms with E-state index in [0.29, 0.717) is 18.8 Å². The summed E-state index contributed by atoms with van der Waals surface area (Å²) in [6.07, 6.45) is 0. The Hall–Kier alpha value is -2.45. The van der Waals surface area contributed by atoms with Crippen molar-refractivity contribution < 1.29 is 17.6 Å². The van der Waals surface area contributed by atoms with Crippen LogP contribution in [0.4, 0.5) is 10.1 Å². The molecule has 0 spiro atoms. The van der Waals surface area contributed by atoms with Gasteiger partial charge in [0.05, 0.1) is 11.4 Å². The zero-order valence-electron chi connectivity index (χ0n) is 14.1. The number of carbonyl (C=O) groups is 1. The molecule has 1 amide bonds. The van der Waals surface area contributed by atoms with Crippen molar-refractivity contribution in [2.24, 2.45) is 0 Å². The van der Waals surface area contributed by atoms with Gasteiger partial charge in [-0.3, -0.25) is 4.79 Å². The van der Waals surface area contributed by atoms with Crippen LogP contribution in [-0.2, 0) is 14.8 Å². The van der Waals surface area contributed by atoms with E-state index in [4.69, 9.17) is 0 Å². The Morgan fingerprint density at radius 3 is 2.35 bits per heavy atom. The topological polar surface area (TPSA) is 69.7 Å². The summed E-state index contributed by atoms with van der Waals surface area (Å²) in [6.45, 7) is 1.20. The molecule has 1 aliphatic heterocycles. The first-order valence-corrected chi connectivity index (χ1v) is 9.73. The predicted molar refractivity (Wildman–Crippen MR) is 96.7 cm³/mol. The van der Waals surface area contributed by atoms with Crippen LogP contribution >= 0.6 is 0 Å². The van der Waals surface area contributed by atoms with E-state index in [1.807, 2.05) is 0 Å². The van der Waals surface area contributed by atoms with Gasteiger partial charge in [0.1, 0.15) is 5.82 Å². The lowest BCUT2D eigenvalue weighted by Gasteiger charge is -2.34. The van der Waals surface area contributed by atoms with E-state index < -0.39 is 10.0 Å². The molecule has 0 radical (unpaired) electrons. The third-order valence-corrected chi connectivity index (χ3v) is 6.15. The minimum atomic E-state index is -3.53. The Balaban J connectivity index is 1.54. The third kappa shape index (κ3) is 4.20. The van der Waals surface area contributed by atoms with E-state index in [-0.39, 0.29) is 36.3 Å². The second kappa shape index (κ2) is 7.84. The lowest BCUT2D eigenvalue weighted by atomic mass is 10.3. The van der Waals surface area contributed by atoms with Crippen molar-refractivity contribution in [3.05, 3.63) is 60.4 Å². The number of amides is 1. The fourth-order valence-corrected chi connectivity index (χ4v) is 4.25. The number of halogens is 1. The number of sulfonamides is 1. The molecule has 0 aliphatic carbocycles. The lowest BCUT2D eigenvalue weighted by molar-refractivity contribution is -0.130. The molecule has 1 heterocycles. The quantitative estimate of drug-likeness (QED) is 0.862. The van der Waals surface area contributed by atoms with Crippen molar-refractivity contribution in [2.45, 2.75) is 4.90 Å². The lowest BCUT2D eigenvalue weighted by Crippen LogP contribution is -2.51. The Kier molecular flexibility index (Phi) is 5.53. The van der Waals surface area contributed by atoms with Crippen LogP contribution in [0.3, 0.4) is 0 Å². The number of nitrogens with zero attached hydrogens (tertiary/aromatic N) is 2. The largest absolute Gasteiger partial charge is 0.376 e. The van der Waals surface area contributed by atoms with Crippen LogP contribution in [0, 0.1) is 5.82 Å². The summed E-state index contributed by atoms with van der Waals surface area (Å²) in [5.41, 5.74) is 0.531. The van der Waals surface area contributed by atoms with Gasteiger partial charge >= 0.3 is 0 Å². The minimum Gasteiger partial charge on any atom is -0.376 e. The van der Waals surface area contributed by atoms with E-state index in [0.717, 1.165) is 0 Å². The average molecular weight is 377 g/mol. The Morgan fingerprint density at radius 2 is 1.69 bits per heavy atom. The molecule has 0 aromatic heterocycles. The number of hydrogen-bond donors (Lipinski definition) is 1. The molecule has 138 valence electrons. The highest BCUT2D eigenvalue weighted by molar-refractivity contribution is 7.89. The van der Waals surface area contributed by atoms with Gasteiger partial charge in [-0.2, -0.15) is 4.31 Å². The fraction of sp³-hybridized carbons (Fsp3) is 0.278. The first-order chi connectivity index (χ1) is 12.5. The monoisotopic (exact) mass is 377 g/mol. The number of benzene rings is 2. The third-order valence-electron chi connectivity index (χ3n) is 4.24. The van der Waals surface area contributed by atoms with Crippen molar-refractivity contribution in [2.75, 3.05) is 38.0 Å². The molecule has 1 aliphatic rings. The number of carbonyl (C=O) groups excluding carboxylic acids is 1. The zero-order chi connectivity index (χ0) is 18.6. The van der Waals surface area contributed by atoms with Crippen LogP contribution in [0.1, 0.15) is 0 Å². The predicted octanol–water partition coefficient (Wildman–Crippen LogP) is 1.77. The van der Waals surface area contributed by atoms with E-state index in [1.54, 1.807) is 47.4 Å². The Labute approximate surface area is 152 Å². The number of piperazine rings is 1. The summed E-state index contributed by atoms with van der Waals surface area (Å²) in [4.78, 5) is 14.2. The standard InChI is InChI=1S/C18H20FN3O3S/c19-15-5-4-6-16(13-15)20-14-18(23)21-9-11-22(12-10-21)26(24,25)17-7-2-1-3-8-17/h1-8,13,20H,9-12,14H2. The van der Waals surface area contributed by atoms with Crippen LogP contribution in [-0.4, -0.2) is 56.3 Å². The maximum Gasteiger partial charge on any atom is 0.243 e. The SMILES string of the molecule is O=C(CNc1cccc(F)c1)N1CCN(S(=O)(=O)c2ccccc2)CC1. The highest BCUT2D eigenvalue weighted by Gasteiger charge is 2.29. The van der Waals surface area contributed by atoms with E-state index >= 15 is 0 Å². The number of rotatable bonds is 5. The van der Waals surface area contributed by atoms with Gasteiger partial charge in [-0.05, 0) is 30.3 Å². The van der Waals surface area contributed by atoms with Crippen LogP contribution in [0.2, 0.25) is 0 Å². The molecule has 26 heavy (non-hydrogen) atoms. The number of anilines is 1. The van der Waals surface area contributed by atoms with Crippen LogP contribution in [0.5, 0.6) is 0 Å². The second-order valence-electron chi connectivity index (χ2n) is 5.96. The van der Waals surface area contributed by atoms with E-state index in [2.05, 4.69) is 5.32 Å². The van der Waals surface area contributed by atoms with Gasteiger partial charge in [0.25, 0.3) is 0 Å². The van der Waals surface area contributed by atoms with Gasteiger partial charge in [-0.1, -0.05) is 24.3 Å². The van der Waals surface area contributed by atoms with E-state index in [9.17, 15) is 17.6 Å². The summed E-state index contributed by atoms with van der Waals surface area (Å²) in [5, 5.41) is 2.89. The summed E-state index contributed by atoms with van der Waals surface area (Å²) < 4.78 is 39.7. The van der Waals surface area contributed by atoms with Gasteiger partial charge < -0.3 is 10.2 Å². The van der Waals surface area contributed by atoms with Gasteiger partial charge in [0, 0.05) is 31.9 Å². The minimum absolute atomic E-state index is 0.0366. The van der Waals surface area contributed by atoms with Crippen molar-refractivity contribution in [3.8, 4) is 0 Å². The molecule has 1 saturated heterocycles. The molecule has 0 atom stereocenters. The van der Waals surface area contributed by atoms with Crippen molar-refractivity contribution >= 4 is 21.6 Å². The molecule has 3 rings (SSSR count). The first kappa shape index (κ1) is 18.3. The van der Waals surface area contributed by atoms with Gasteiger partial charge in [-0.15, -0.1) is 0 Å². The molecule has 0 saturated carbocycles. The maximum absolute atomic E-state index is 13.1. The molecular formula is C18H20FN3O3S. The fourth-order valence-electron chi connectivity index (χ4n) is 2.81. The highest BCUT2D eigenvalue weighted by Crippen LogP contribution is 2.17. The summed E-state index contributed by atoms with van der Waals surface area (Å²) in [7, 11) is -3.53. The summed E-state index contributed by atoms with van der Waals surface area (Å²) in [5.74, 6) is -0.520. The maximum atomic E-state index is 13.1. The second-order valence-corrected chi connectivity index (χ2v) is 7.90. The molecule has 2 aromatic carbocycles. The van der Waals surface area contributed by atoms with Gasteiger partial charge in [0.15, 0.2) is 0 Å². The van der Waals surface area contributed by atoms with Crippen LogP contribution in [0.15, 0.2) is 59.5 Å². The molecule has 6 nitrogen and oxygen atoms in total. The van der Waals surface area contributed by atoms with Crippen molar-refractivity contribution in [1.82, 2.24) is 9.21 Å². The molecule has 2 aromatic rings. The average Bonchev–Trinajstić information content (AvgIpc) is 2.67. The zero-order valence-corrected chi connectivity index (χ0v) is 15.0. The van der Waals surface area contributed by atoms with E-state index in [1.165, 1.54) is 16.4 Å². The normalized spacial score (nSPS) is 15.7. The summed E-state index contributed by atoms with van der Waals surface area (Å²) in [6, 6.07) is 14.2.